The zero-order valence-corrected chi connectivity index (χ0v) is 12.5. The molecule has 1 atom stereocenters. The van der Waals surface area contributed by atoms with Crippen molar-refractivity contribution in [2.24, 2.45) is 0 Å². The number of aryl methyl sites for hydroxylation is 1. The van der Waals surface area contributed by atoms with E-state index in [4.69, 9.17) is 0 Å². The average molecular weight is 357 g/mol. The molecule has 0 aliphatic heterocycles. The summed E-state index contributed by atoms with van der Waals surface area (Å²) in [7, 11) is 0. The Labute approximate surface area is 128 Å². The highest BCUT2D eigenvalue weighted by Crippen LogP contribution is 2.38. The first-order chi connectivity index (χ1) is 9.95. The molecule has 0 saturated heterocycles. The summed E-state index contributed by atoms with van der Waals surface area (Å²) >= 11 is 2.94. The molecule has 0 spiro atoms. The Morgan fingerprint density at radius 2 is 2.05 bits per heavy atom. The highest BCUT2D eigenvalue weighted by molar-refractivity contribution is 9.10. The molecular weight excluding hydrogens is 345 g/mol. The summed E-state index contributed by atoms with van der Waals surface area (Å²) in [5.41, 5.74) is 1.86. The van der Waals surface area contributed by atoms with Crippen molar-refractivity contribution in [3.05, 3.63) is 57.8 Å². The monoisotopic (exact) mass is 356 g/mol. The van der Waals surface area contributed by atoms with Crippen LogP contribution in [-0.4, -0.2) is 4.98 Å². The van der Waals surface area contributed by atoms with Gasteiger partial charge in [-0.1, -0.05) is 22.0 Å². The van der Waals surface area contributed by atoms with Gasteiger partial charge in [-0.25, -0.2) is 0 Å². The van der Waals surface area contributed by atoms with E-state index < -0.39 is 11.7 Å². The number of nitrogens with zero attached hydrogens (tertiary/aromatic N) is 1. The number of pyridine rings is 1. The van der Waals surface area contributed by atoms with Gasteiger partial charge in [-0.2, -0.15) is 13.2 Å². The van der Waals surface area contributed by atoms with Crippen molar-refractivity contribution in [1.82, 2.24) is 4.98 Å². The summed E-state index contributed by atoms with van der Waals surface area (Å²) in [6, 6.07) is 8.03. The van der Waals surface area contributed by atoms with Crippen LogP contribution < -0.4 is 5.32 Å². The summed E-state index contributed by atoms with van der Waals surface area (Å²) in [5, 5.41) is 3.15. The highest BCUT2D eigenvalue weighted by Gasteiger charge is 2.33. The van der Waals surface area contributed by atoms with Gasteiger partial charge < -0.3 is 5.32 Å². The standard InChI is InChI=1S/C15H12BrF3N2/c16-12-5-4-10(8-11(12)15(17,18)19)21-13-6-3-9-2-1-7-20-14(9)13/h1-2,4-5,7-8,13,21H,3,6H2. The van der Waals surface area contributed by atoms with Crippen LogP contribution in [0.1, 0.15) is 29.3 Å². The molecule has 2 aromatic rings. The van der Waals surface area contributed by atoms with Crippen LogP contribution in [0.4, 0.5) is 18.9 Å². The van der Waals surface area contributed by atoms with Crippen LogP contribution in [0.2, 0.25) is 0 Å². The SMILES string of the molecule is FC(F)(F)c1cc(NC2CCc3cccnc32)ccc1Br. The lowest BCUT2D eigenvalue weighted by Crippen LogP contribution is -2.11. The molecule has 1 N–H and O–H groups in total. The van der Waals surface area contributed by atoms with E-state index in [1.54, 1.807) is 12.3 Å². The van der Waals surface area contributed by atoms with Gasteiger partial charge in [0, 0.05) is 16.4 Å². The fourth-order valence-corrected chi connectivity index (χ4v) is 3.06. The molecule has 2 nitrogen and oxygen atoms in total. The molecular formula is C15H12BrF3N2. The largest absolute Gasteiger partial charge is 0.417 e. The van der Waals surface area contributed by atoms with Crippen molar-refractivity contribution >= 4 is 21.6 Å². The van der Waals surface area contributed by atoms with Crippen molar-refractivity contribution in [3.8, 4) is 0 Å². The van der Waals surface area contributed by atoms with Crippen molar-refractivity contribution in [2.75, 3.05) is 5.32 Å². The minimum Gasteiger partial charge on any atom is -0.377 e. The fourth-order valence-electron chi connectivity index (χ4n) is 2.59. The van der Waals surface area contributed by atoms with E-state index in [0.29, 0.717) is 5.69 Å². The van der Waals surface area contributed by atoms with Crippen LogP contribution in [0.15, 0.2) is 41.0 Å². The maximum absolute atomic E-state index is 12.9. The molecule has 1 aliphatic carbocycles. The Balaban J connectivity index is 1.87. The Bertz CT molecular complexity index is 670. The lowest BCUT2D eigenvalue weighted by molar-refractivity contribution is -0.138. The van der Waals surface area contributed by atoms with Crippen LogP contribution in [0.3, 0.4) is 0 Å². The second kappa shape index (κ2) is 5.33. The third kappa shape index (κ3) is 2.90. The molecule has 0 amide bonds. The predicted octanol–water partition coefficient (Wildman–Crippen LogP) is 4.96. The van der Waals surface area contributed by atoms with E-state index in [2.05, 4.69) is 26.2 Å². The number of anilines is 1. The average Bonchev–Trinajstić information content (AvgIpc) is 2.83. The van der Waals surface area contributed by atoms with Crippen LogP contribution in [0.25, 0.3) is 0 Å². The second-order valence-corrected chi connectivity index (χ2v) is 5.83. The Hall–Kier alpha value is -1.56. The molecule has 1 aromatic heterocycles. The smallest absolute Gasteiger partial charge is 0.377 e. The number of aromatic nitrogens is 1. The number of alkyl halides is 3. The molecule has 6 heteroatoms. The number of hydrogen-bond donors (Lipinski definition) is 1. The summed E-state index contributed by atoms with van der Waals surface area (Å²) < 4.78 is 38.8. The van der Waals surface area contributed by atoms with E-state index in [-0.39, 0.29) is 10.5 Å². The van der Waals surface area contributed by atoms with Crippen molar-refractivity contribution < 1.29 is 13.2 Å². The molecule has 0 fully saturated rings. The predicted molar refractivity (Wildman–Crippen MR) is 78.1 cm³/mol. The molecule has 1 unspecified atom stereocenters. The van der Waals surface area contributed by atoms with E-state index in [0.717, 1.165) is 30.2 Å². The topological polar surface area (TPSA) is 24.9 Å². The first kappa shape index (κ1) is 14.4. The van der Waals surface area contributed by atoms with Gasteiger partial charge in [-0.05, 0) is 42.7 Å². The first-order valence-corrected chi connectivity index (χ1v) is 7.31. The fraction of sp³-hybridized carbons (Fsp3) is 0.267. The molecule has 0 radical (unpaired) electrons. The number of rotatable bonds is 2. The third-order valence-corrected chi connectivity index (χ3v) is 4.26. The van der Waals surface area contributed by atoms with Gasteiger partial charge in [0.2, 0.25) is 0 Å². The molecule has 21 heavy (non-hydrogen) atoms. The van der Waals surface area contributed by atoms with Gasteiger partial charge in [0.05, 0.1) is 17.3 Å². The van der Waals surface area contributed by atoms with Crippen LogP contribution in [-0.2, 0) is 12.6 Å². The lowest BCUT2D eigenvalue weighted by Gasteiger charge is -2.17. The summed E-state index contributed by atoms with van der Waals surface area (Å²) in [6.07, 6.45) is -0.933. The molecule has 3 rings (SSSR count). The second-order valence-electron chi connectivity index (χ2n) is 4.98. The first-order valence-electron chi connectivity index (χ1n) is 6.52. The van der Waals surface area contributed by atoms with Gasteiger partial charge >= 0.3 is 6.18 Å². The van der Waals surface area contributed by atoms with Gasteiger partial charge in [0.25, 0.3) is 0 Å². The summed E-state index contributed by atoms with van der Waals surface area (Å²) in [5.74, 6) is 0. The number of fused-ring (bicyclic) bond motifs is 1. The molecule has 1 aliphatic rings. The van der Waals surface area contributed by atoms with E-state index in [1.165, 1.54) is 6.07 Å². The summed E-state index contributed by atoms with van der Waals surface area (Å²) in [4.78, 5) is 4.33. The number of nitrogens with one attached hydrogen (secondary N) is 1. The zero-order valence-electron chi connectivity index (χ0n) is 10.9. The van der Waals surface area contributed by atoms with Gasteiger partial charge in [0.15, 0.2) is 0 Å². The van der Waals surface area contributed by atoms with E-state index in [1.807, 2.05) is 12.1 Å². The van der Waals surface area contributed by atoms with Gasteiger partial charge in [-0.15, -0.1) is 0 Å². The molecule has 0 bridgehead atoms. The molecule has 110 valence electrons. The Morgan fingerprint density at radius 3 is 2.81 bits per heavy atom. The Kier molecular flexibility index (Phi) is 3.65. The van der Waals surface area contributed by atoms with Crippen LogP contribution >= 0.6 is 15.9 Å². The number of hydrogen-bond acceptors (Lipinski definition) is 2. The third-order valence-electron chi connectivity index (χ3n) is 3.57. The van der Waals surface area contributed by atoms with E-state index >= 15 is 0 Å². The quantitative estimate of drug-likeness (QED) is 0.822. The maximum Gasteiger partial charge on any atom is 0.417 e. The van der Waals surface area contributed by atoms with Crippen LogP contribution in [0, 0.1) is 0 Å². The van der Waals surface area contributed by atoms with Crippen molar-refractivity contribution in [3.63, 3.8) is 0 Å². The zero-order chi connectivity index (χ0) is 15.0. The minimum atomic E-state index is -4.37. The molecule has 1 heterocycles. The number of benzene rings is 1. The van der Waals surface area contributed by atoms with Gasteiger partial charge in [-0.3, -0.25) is 4.98 Å². The lowest BCUT2D eigenvalue weighted by atomic mass is 10.1. The van der Waals surface area contributed by atoms with Gasteiger partial charge in [0.1, 0.15) is 0 Å². The normalized spacial score (nSPS) is 17.6. The van der Waals surface area contributed by atoms with E-state index in [9.17, 15) is 13.2 Å². The number of halogens is 4. The Morgan fingerprint density at radius 1 is 1.24 bits per heavy atom. The molecule has 1 aromatic carbocycles. The van der Waals surface area contributed by atoms with Crippen molar-refractivity contribution in [2.45, 2.75) is 25.1 Å². The molecule has 0 saturated carbocycles. The van der Waals surface area contributed by atoms with Crippen molar-refractivity contribution in [1.29, 1.82) is 0 Å². The highest BCUT2D eigenvalue weighted by atomic mass is 79.9. The minimum absolute atomic E-state index is 0.0385. The maximum atomic E-state index is 12.9. The van der Waals surface area contributed by atoms with Crippen LogP contribution in [0.5, 0.6) is 0 Å². The summed E-state index contributed by atoms with van der Waals surface area (Å²) in [6.45, 7) is 0.